The van der Waals surface area contributed by atoms with Gasteiger partial charge in [-0.25, -0.2) is 4.98 Å². The lowest BCUT2D eigenvalue weighted by molar-refractivity contribution is -0.121. The molecule has 0 fully saturated rings. The van der Waals surface area contributed by atoms with E-state index in [1.807, 2.05) is 32.0 Å². The molecule has 0 atom stereocenters. The molecule has 0 spiro atoms. The van der Waals surface area contributed by atoms with E-state index in [9.17, 15) is 4.79 Å². The number of aryl methyl sites for hydroxylation is 2. The van der Waals surface area contributed by atoms with Crippen LogP contribution in [-0.2, 0) is 17.6 Å². The second-order valence-corrected chi connectivity index (χ2v) is 7.70. The number of thiazole rings is 1. The van der Waals surface area contributed by atoms with E-state index in [0.29, 0.717) is 25.3 Å². The third-order valence-corrected chi connectivity index (χ3v) is 5.12. The fraction of sp³-hybridized carbons (Fsp3) is 0.474. The van der Waals surface area contributed by atoms with Crippen LogP contribution in [0.25, 0.3) is 10.2 Å². The van der Waals surface area contributed by atoms with Gasteiger partial charge in [-0.1, -0.05) is 31.1 Å². The molecule has 1 N–H and O–H groups in total. The number of hydrogen-bond acceptors (Lipinski definition) is 6. The Labute approximate surface area is 157 Å². The first kappa shape index (κ1) is 18.5. The van der Waals surface area contributed by atoms with Gasteiger partial charge in [0.05, 0.1) is 15.2 Å². The summed E-state index contributed by atoms with van der Waals surface area (Å²) < 4.78 is 6.39. The number of fused-ring (bicyclic) bond motifs is 1. The number of benzene rings is 1. The van der Waals surface area contributed by atoms with Gasteiger partial charge in [0.2, 0.25) is 11.8 Å². The smallest absolute Gasteiger partial charge is 0.226 e. The molecule has 0 saturated carbocycles. The molecule has 26 heavy (non-hydrogen) atoms. The van der Waals surface area contributed by atoms with Crippen molar-refractivity contribution in [1.29, 1.82) is 0 Å². The Morgan fingerprint density at radius 2 is 2.04 bits per heavy atom. The number of nitrogens with one attached hydrogen (secondary N) is 1. The summed E-state index contributed by atoms with van der Waals surface area (Å²) in [6.07, 6.45) is 3.66. The number of carbonyl (C=O) groups excluding carboxylic acids is 1. The van der Waals surface area contributed by atoms with Gasteiger partial charge in [-0.15, -0.1) is 11.3 Å². The zero-order valence-corrected chi connectivity index (χ0v) is 16.0. The fourth-order valence-electron chi connectivity index (χ4n) is 2.59. The summed E-state index contributed by atoms with van der Waals surface area (Å²) in [7, 11) is 0. The third kappa shape index (κ3) is 5.11. The SMILES string of the molecule is CC(C)c1noc(CCCNC(=O)CCCc2nc3ccccc3s2)n1. The van der Waals surface area contributed by atoms with Crippen molar-refractivity contribution >= 4 is 27.5 Å². The molecule has 7 heteroatoms. The van der Waals surface area contributed by atoms with Crippen molar-refractivity contribution in [2.45, 2.75) is 51.9 Å². The molecular weight excluding hydrogens is 348 g/mol. The van der Waals surface area contributed by atoms with Gasteiger partial charge >= 0.3 is 0 Å². The maximum Gasteiger partial charge on any atom is 0.226 e. The molecule has 138 valence electrons. The normalized spacial score (nSPS) is 11.3. The van der Waals surface area contributed by atoms with Crippen LogP contribution in [0.15, 0.2) is 28.8 Å². The lowest BCUT2D eigenvalue weighted by atomic mass is 10.2. The Morgan fingerprint density at radius 1 is 1.19 bits per heavy atom. The number of rotatable bonds is 9. The summed E-state index contributed by atoms with van der Waals surface area (Å²) >= 11 is 1.71. The third-order valence-electron chi connectivity index (χ3n) is 4.02. The highest BCUT2D eigenvalue weighted by Gasteiger charge is 2.09. The van der Waals surface area contributed by atoms with Crippen molar-refractivity contribution in [3.63, 3.8) is 0 Å². The van der Waals surface area contributed by atoms with E-state index < -0.39 is 0 Å². The summed E-state index contributed by atoms with van der Waals surface area (Å²) in [4.78, 5) is 20.9. The average molecular weight is 372 g/mol. The van der Waals surface area contributed by atoms with Gasteiger partial charge in [0.25, 0.3) is 0 Å². The highest BCUT2D eigenvalue weighted by molar-refractivity contribution is 7.18. The highest BCUT2D eigenvalue weighted by atomic mass is 32.1. The van der Waals surface area contributed by atoms with Crippen molar-refractivity contribution in [2.24, 2.45) is 0 Å². The monoisotopic (exact) mass is 372 g/mol. The van der Waals surface area contributed by atoms with E-state index >= 15 is 0 Å². The molecule has 0 bridgehead atoms. The summed E-state index contributed by atoms with van der Waals surface area (Å²) in [6.45, 7) is 4.69. The predicted molar refractivity (Wildman–Crippen MR) is 102 cm³/mol. The van der Waals surface area contributed by atoms with E-state index in [1.54, 1.807) is 11.3 Å². The minimum absolute atomic E-state index is 0.0829. The van der Waals surface area contributed by atoms with Gasteiger partial charge in [0, 0.05) is 25.3 Å². The van der Waals surface area contributed by atoms with E-state index in [0.717, 1.165) is 35.6 Å². The van der Waals surface area contributed by atoms with Crippen molar-refractivity contribution in [1.82, 2.24) is 20.4 Å². The minimum atomic E-state index is 0.0829. The average Bonchev–Trinajstić information content (AvgIpc) is 3.25. The van der Waals surface area contributed by atoms with Crippen LogP contribution >= 0.6 is 11.3 Å². The first-order valence-electron chi connectivity index (χ1n) is 9.05. The maximum atomic E-state index is 11.9. The van der Waals surface area contributed by atoms with Gasteiger partial charge in [-0.05, 0) is 31.4 Å². The van der Waals surface area contributed by atoms with Gasteiger partial charge < -0.3 is 9.84 Å². The molecule has 0 aliphatic heterocycles. The molecule has 0 aliphatic carbocycles. The van der Waals surface area contributed by atoms with Crippen molar-refractivity contribution in [2.75, 3.05) is 6.54 Å². The van der Waals surface area contributed by atoms with Crippen LogP contribution in [-0.4, -0.2) is 27.6 Å². The van der Waals surface area contributed by atoms with Crippen molar-refractivity contribution in [3.05, 3.63) is 41.0 Å². The standard InChI is InChI=1S/C19H24N4O2S/c1-13(2)19-22-17(25-23-19)10-6-12-20-16(24)9-5-11-18-21-14-7-3-4-8-15(14)26-18/h3-4,7-8,13H,5-6,9-12H2,1-2H3,(H,20,24). The lowest BCUT2D eigenvalue weighted by Crippen LogP contribution is -2.24. The summed E-state index contributed by atoms with van der Waals surface area (Å²) in [5.74, 6) is 1.72. The van der Waals surface area contributed by atoms with Gasteiger partial charge in [0.15, 0.2) is 5.82 Å². The zero-order valence-electron chi connectivity index (χ0n) is 15.2. The Bertz CT molecular complexity index is 823. The van der Waals surface area contributed by atoms with Crippen LogP contribution in [0.4, 0.5) is 0 Å². The predicted octanol–water partition coefficient (Wildman–Crippen LogP) is 3.87. The Balaban J connectivity index is 1.31. The van der Waals surface area contributed by atoms with Crippen LogP contribution in [0, 0.1) is 0 Å². The second-order valence-electron chi connectivity index (χ2n) is 6.58. The summed E-state index contributed by atoms with van der Waals surface area (Å²) in [6, 6.07) is 8.12. The molecule has 0 radical (unpaired) electrons. The van der Waals surface area contributed by atoms with Crippen LogP contribution in [0.3, 0.4) is 0 Å². The topological polar surface area (TPSA) is 80.9 Å². The number of amides is 1. The summed E-state index contributed by atoms with van der Waals surface area (Å²) in [5, 5.41) is 7.98. The van der Waals surface area contributed by atoms with Crippen molar-refractivity contribution in [3.8, 4) is 0 Å². The Kier molecular flexibility index (Phi) is 6.33. The molecule has 2 aromatic heterocycles. The van der Waals surface area contributed by atoms with E-state index in [1.165, 1.54) is 4.70 Å². The molecule has 3 rings (SSSR count). The minimum Gasteiger partial charge on any atom is -0.356 e. The van der Waals surface area contributed by atoms with Gasteiger partial charge in [0.1, 0.15) is 0 Å². The van der Waals surface area contributed by atoms with Crippen LogP contribution in [0.1, 0.15) is 55.8 Å². The molecule has 0 unspecified atom stereocenters. The molecule has 0 aliphatic rings. The highest BCUT2D eigenvalue weighted by Crippen LogP contribution is 2.22. The first-order valence-corrected chi connectivity index (χ1v) is 9.87. The summed E-state index contributed by atoms with van der Waals surface area (Å²) in [5.41, 5.74) is 1.04. The fourth-order valence-corrected chi connectivity index (χ4v) is 3.60. The Morgan fingerprint density at radius 3 is 2.81 bits per heavy atom. The van der Waals surface area contributed by atoms with E-state index in [4.69, 9.17) is 4.52 Å². The van der Waals surface area contributed by atoms with Crippen LogP contribution in [0.2, 0.25) is 0 Å². The molecular formula is C19H24N4O2S. The molecule has 3 aromatic rings. The molecule has 0 saturated heterocycles. The second kappa shape index (κ2) is 8.89. The number of hydrogen-bond donors (Lipinski definition) is 1. The lowest BCUT2D eigenvalue weighted by Gasteiger charge is -2.03. The maximum absolute atomic E-state index is 11.9. The van der Waals surface area contributed by atoms with Crippen molar-refractivity contribution < 1.29 is 9.32 Å². The largest absolute Gasteiger partial charge is 0.356 e. The number of aromatic nitrogens is 3. The molecule has 6 nitrogen and oxygen atoms in total. The molecule has 1 aromatic carbocycles. The number of para-hydroxylation sites is 1. The Hall–Kier alpha value is -2.28. The quantitative estimate of drug-likeness (QED) is 0.577. The number of nitrogens with zero attached hydrogens (tertiary/aromatic N) is 3. The van der Waals surface area contributed by atoms with Gasteiger partial charge in [-0.2, -0.15) is 4.98 Å². The van der Waals surface area contributed by atoms with Crippen LogP contribution in [0.5, 0.6) is 0 Å². The first-order chi connectivity index (χ1) is 12.6. The van der Waals surface area contributed by atoms with Gasteiger partial charge in [-0.3, -0.25) is 4.79 Å². The van der Waals surface area contributed by atoms with E-state index in [-0.39, 0.29) is 11.8 Å². The number of carbonyl (C=O) groups is 1. The molecule has 2 heterocycles. The zero-order chi connectivity index (χ0) is 18.4. The molecule has 1 amide bonds. The van der Waals surface area contributed by atoms with E-state index in [2.05, 4.69) is 26.5 Å². The van der Waals surface area contributed by atoms with Crippen LogP contribution < -0.4 is 5.32 Å².